The zero-order valence-electron chi connectivity index (χ0n) is 18.8. The van der Waals surface area contributed by atoms with Gasteiger partial charge in [0.2, 0.25) is 0 Å². The molecule has 0 N–H and O–H groups in total. The Morgan fingerprint density at radius 2 is 1.44 bits per heavy atom. The molecular formula is C24H26I2N6O2. The van der Waals surface area contributed by atoms with Crippen molar-refractivity contribution in [2.75, 3.05) is 36.1 Å². The molecule has 0 unspecified atom stereocenters. The molecule has 178 valence electrons. The minimum Gasteiger partial charge on any atom is -0.486 e. The van der Waals surface area contributed by atoms with Crippen molar-refractivity contribution in [2.24, 2.45) is 5.92 Å². The second-order valence-corrected chi connectivity index (χ2v) is 11.7. The highest BCUT2D eigenvalue weighted by atomic mass is 127. The van der Waals surface area contributed by atoms with Crippen molar-refractivity contribution in [3.05, 3.63) is 50.1 Å². The maximum absolute atomic E-state index is 5.89. The number of anilines is 2. The average Bonchev–Trinajstić information content (AvgIpc) is 3.58. The lowest BCUT2D eigenvalue weighted by molar-refractivity contribution is 0.265. The van der Waals surface area contributed by atoms with Crippen LogP contribution in [-0.2, 0) is 0 Å². The Morgan fingerprint density at radius 3 is 2.06 bits per heavy atom. The number of halogens is 2. The molecule has 10 heteroatoms. The number of hydrogen-bond acceptors (Lipinski definition) is 7. The van der Waals surface area contributed by atoms with Gasteiger partial charge in [-0.15, -0.1) is 0 Å². The lowest BCUT2D eigenvalue weighted by Gasteiger charge is -2.32. The number of aromatic nitrogens is 4. The van der Waals surface area contributed by atoms with Crippen LogP contribution in [0.3, 0.4) is 0 Å². The first-order chi connectivity index (χ1) is 16.6. The van der Waals surface area contributed by atoms with Crippen molar-refractivity contribution in [1.82, 2.24) is 19.7 Å². The smallest absolute Gasteiger partial charge is 0.175 e. The molecule has 2 fully saturated rings. The summed E-state index contributed by atoms with van der Waals surface area (Å²) < 4.78 is 16.0. The van der Waals surface area contributed by atoms with E-state index in [1.54, 1.807) is 0 Å². The van der Waals surface area contributed by atoms with E-state index in [1.165, 1.54) is 6.42 Å². The van der Waals surface area contributed by atoms with Crippen molar-refractivity contribution in [2.45, 2.75) is 37.9 Å². The van der Waals surface area contributed by atoms with Crippen molar-refractivity contribution in [1.29, 1.82) is 0 Å². The van der Waals surface area contributed by atoms with Crippen LogP contribution in [0.2, 0.25) is 0 Å². The van der Waals surface area contributed by atoms with Crippen LogP contribution in [0.1, 0.15) is 25.8 Å². The fraction of sp³-hybridized carbons (Fsp3) is 0.458. The van der Waals surface area contributed by atoms with E-state index >= 15 is 0 Å². The summed E-state index contributed by atoms with van der Waals surface area (Å²) in [6, 6.07) is 7.32. The topological polar surface area (TPSA) is 68.5 Å². The Morgan fingerprint density at radius 1 is 0.824 bits per heavy atom. The predicted molar refractivity (Wildman–Crippen MR) is 147 cm³/mol. The van der Waals surface area contributed by atoms with Crippen molar-refractivity contribution < 1.29 is 9.47 Å². The number of ether oxygens (including phenoxy) is 2. The molecule has 3 aromatic heterocycles. The van der Waals surface area contributed by atoms with Gasteiger partial charge in [0.05, 0.1) is 25.3 Å². The molecule has 7 rings (SSSR count). The summed E-state index contributed by atoms with van der Waals surface area (Å²) in [6.45, 7) is 5.93. The van der Waals surface area contributed by atoms with Crippen LogP contribution in [0, 0.1) is 13.1 Å². The Labute approximate surface area is 226 Å². The molecular weight excluding hydrogens is 658 g/mol. The minimum absolute atomic E-state index is 0.410. The molecule has 0 amide bonds. The molecule has 3 aromatic rings. The third-order valence-electron chi connectivity index (χ3n) is 6.97. The molecule has 0 saturated carbocycles. The van der Waals surface area contributed by atoms with Crippen molar-refractivity contribution in [3.8, 4) is 11.5 Å². The first-order valence-corrected chi connectivity index (χ1v) is 13.8. The molecule has 7 heterocycles. The fourth-order valence-corrected chi connectivity index (χ4v) is 6.55. The quantitative estimate of drug-likeness (QED) is 0.353. The highest BCUT2D eigenvalue weighted by molar-refractivity contribution is 14.1. The number of hydrogen-bond donors (Lipinski definition) is 0. The molecule has 4 aliphatic heterocycles. The lowest BCUT2D eigenvalue weighted by atomic mass is 10.1. The van der Waals surface area contributed by atoms with E-state index in [0.29, 0.717) is 18.1 Å². The number of rotatable bonds is 1. The first-order valence-electron chi connectivity index (χ1n) is 11.7. The molecule has 8 nitrogen and oxygen atoms in total. The Kier molecular flexibility index (Phi) is 6.20. The molecule has 2 saturated heterocycles. The summed E-state index contributed by atoms with van der Waals surface area (Å²) in [5.74, 6) is 4.69. The van der Waals surface area contributed by atoms with E-state index in [1.807, 2.05) is 47.7 Å². The van der Waals surface area contributed by atoms with E-state index in [9.17, 15) is 0 Å². The van der Waals surface area contributed by atoms with E-state index in [2.05, 4.69) is 77.0 Å². The summed E-state index contributed by atoms with van der Waals surface area (Å²) in [5, 5.41) is 4.36. The Balaban J connectivity index is 0.000000132. The van der Waals surface area contributed by atoms with Crippen LogP contribution < -0.4 is 19.3 Å². The Bertz CT molecular complexity index is 1180. The lowest BCUT2D eigenvalue weighted by Crippen LogP contribution is -2.39. The minimum atomic E-state index is 0.410. The number of nitrogens with zero attached hydrogens (tertiary/aromatic N) is 6. The largest absolute Gasteiger partial charge is 0.486 e. The fourth-order valence-electron chi connectivity index (χ4n) is 5.43. The maximum Gasteiger partial charge on any atom is 0.175 e. The van der Waals surface area contributed by atoms with Crippen LogP contribution in [0.4, 0.5) is 11.6 Å². The standard InChI is InChI=1S/C13H13IN4O.C11H13IN2O/c14-11-2-4-15-13-12(11)19-8-10-6-9(7-17(10)13)18-5-1-3-16-18;1-7-4-8-6-15-10-9(12)2-3-13-11(10)14(8)5-7/h1-5,9-10H,6-8H2;2-3,7-8H,4-6H2,1H3/t9-,10-;7-,8+/m01/s1. The second kappa shape index (κ2) is 9.32. The Hall–Kier alpha value is -1.83. The molecule has 0 aliphatic carbocycles. The molecule has 0 spiro atoms. The molecule has 4 atom stereocenters. The van der Waals surface area contributed by atoms with Gasteiger partial charge >= 0.3 is 0 Å². The summed E-state index contributed by atoms with van der Waals surface area (Å²) in [5.41, 5.74) is 0. The van der Waals surface area contributed by atoms with Gasteiger partial charge in [0.15, 0.2) is 23.1 Å². The van der Waals surface area contributed by atoms with E-state index < -0.39 is 0 Å². The molecule has 34 heavy (non-hydrogen) atoms. The average molecular weight is 684 g/mol. The third-order valence-corrected chi connectivity index (χ3v) is 8.67. The molecule has 4 aliphatic rings. The summed E-state index contributed by atoms with van der Waals surface area (Å²) in [6.07, 6.45) is 9.89. The van der Waals surface area contributed by atoms with Crippen LogP contribution in [0.15, 0.2) is 43.0 Å². The summed E-state index contributed by atoms with van der Waals surface area (Å²) in [7, 11) is 0. The third kappa shape index (κ3) is 4.10. The van der Waals surface area contributed by atoms with E-state index in [-0.39, 0.29) is 0 Å². The van der Waals surface area contributed by atoms with Crippen LogP contribution in [0.25, 0.3) is 0 Å². The van der Waals surface area contributed by atoms with Crippen LogP contribution in [0.5, 0.6) is 11.5 Å². The zero-order valence-corrected chi connectivity index (χ0v) is 23.2. The van der Waals surface area contributed by atoms with Crippen molar-refractivity contribution >= 4 is 56.8 Å². The highest BCUT2D eigenvalue weighted by Gasteiger charge is 2.39. The van der Waals surface area contributed by atoms with Gasteiger partial charge in [0.1, 0.15) is 13.2 Å². The predicted octanol–water partition coefficient (Wildman–Crippen LogP) is 4.39. The van der Waals surface area contributed by atoms with Crippen LogP contribution >= 0.6 is 45.2 Å². The first kappa shape index (κ1) is 22.6. The van der Waals surface area contributed by atoms with Gasteiger partial charge in [0.25, 0.3) is 0 Å². The number of fused-ring (bicyclic) bond motifs is 6. The van der Waals surface area contributed by atoms with E-state index in [4.69, 9.17) is 9.47 Å². The highest BCUT2D eigenvalue weighted by Crippen LogP contribution is 2.42. The van der Waals surface area contributed by atoms with Gasteiger partial charge in [0, 0.05) is 37.9 Å². The maximum atomic E-state index is 5.89. The monoisotopic (exact) mass is 684 g/mol. The summed E-state index contributed by atoms with van der Waals surface area (Å²) in [4.78, 5) is 13.7. The zero-order chi connectivity index (χ0) is 23.2. The second-order valence-electron chi connectivity index (χ2n) is 9.34. The molecule has 0 aromatic carbocycles. The van der Waals surface area contributed by atoms with Gasteiger partial charge in [-0.2, -0.15) is 5.10 Å². The van der Waals surface area contributed by atoms with Crippen LogP contribution in [-0.4, -0.2) is 58.1 Å². The van der Waals surface area contributed by atoms with Crippen molar-refractivity contribution in [3.63, 3.8) is 0 Å². The SMILES string of the molecule is C[C@@H]1C[C@H]2COc3c(I)ccnc3N2C1.Ic1ccnc2c1OC[C@@H]1C[C@H](n3cccn3)CN21. The summed E-state index contributed by atoms with van der Waals surface area (Å²) >= 11 is 4.61. The van der Waals surface area contributed by atoms with Gasteiger partial charge in [-0.05, 0) is 82.1 Å². The molecule has 0 radical (unpaired) electrons. The van der Waals surface area contributed by atoms with E-state index in [0.717, 1.165) is 68.9 Å². The molecule has 0 bridgehead atoms. The van der Waals surface area contributed by atoms with Gasteiger partial charge in [-0.25, -0.2) is 9.97 Å². The van der Waals surface area contributed by atoms with Gasteiger partial charge < -0.3 is 19.3 Å². The van der Waals surface area contributed by atoms with Gasteiger partial charge in [-0.3, -0.25) is 4.68 Å². The number of pyridine rings is 2. The van der Waals surface area contributed by atoms with Gasteiger partial charge in [-0.1, -0.05) is 6.92 Å². The normalized spacial score (nSPS) is 26.3.